The SMILES string of the molecule is C#CCNCC(=O)NC1(C(=O)O)CCOCC1. The summed E-state index contributed by atoms with van der Waals surface area (Å²) in [6.45, 7) is 0.964. The van der Waals surface area contributed by atoms with Gasteiger partial charge in [-0.05, 0) is 0 Å². The van der Waals surface area contributed by atoms with Crippen molar-refractivity contribution in [1.29, 1.82) is 0 Å². The summed E-state index contributed by atoms with van der Waals surface area (Å²) in [4.78, 5) is 22.8. The molecule has 0 bridgehead atoms. The van der Waals surface area contributed by atoms with Crippen molar-refractivity contribution >= 4 is 11.9 Å². The number of carboxylic acids is 1. The molecule has 1 rings (SSSR count). The number of aliphatic carboxylic acids is 1. The van der Waals surface area contributed by atoms with E-state index < -0.39 is 11.5 Å². The van der Waals surface area contributed by atoms with Crippen molar-refractivity contribution in [3.63, 3.8) is 0 Å². The lowest BCUT2D eigenvalue weighted by molar-refractivity contribution is -0.152. The minimum atomic E-state index is -1.20. The first-order valence-corrected chi connectivity index (χ1v) is 5.37. The van der Waals surface area contributed by atoms with Gasteiger partial charge in [-0.15, -0.1) is 6.42 Å². The van der Waals surface area contributed by atoms with Gasteiger partial charge in [0.05, 0.1) is 13.1 Å². The molecule has 3 N–H and O–H groups in total. The van der Waals surface area contributed by atoms with Crippen LogP contribution in [0.2, 0.25) is 0 Å². The van der Waals surface area contributed by atoms with E-state index in [1.165, 1.54) is 0 Å². The molecule has 1 aliphatic heterocycles. The summed E-state index contributed by atoms with van der Waals surface area (Å²) in [7, 11) is 0. The van der Waals surface area contributed by atoms with E-state index in [2.05, 4.69) is 16.6 Å². The topological polar surface area (TPSA) is 87.7 Å². The minimum Gasteiger partial charge on any atom is -0.480 e. The molecule has 1 heterocycles. The fraction of sp³-hybridized carbons (Fsp3) is 0.636. The maximum Gasteiger partial charge on any atom is 0.329 e. The molecule has 1 fully saturated rings. The van der Waals surface area contributed by atoms with Crippen LogP contribution >= 0.6 is 0 Å². The predicted molar refractivity (Wildman–Crippen MR) is 60.3 cm³/mol. The highest BCUT2D eigenvalue weighted by molar-refractivity contribution is 5.88. The first kappa shape index (κ1) is 13.5. The molecule has 17 heavy (non-hydrogen) atoms. The van der Waals surface area contributed by atoms with Gasteiger partial charge < -0.3 is 15.2 Å². The van der Waals surface area contributed by atoms with Crippen LogP contribution in [0.5, 0.6) is 0 Å². The molecular formula is C11H16N2O4. The molecule has 1 saturated heterocycles. The molecule has 0 radical (unpaired) electrons. The summed E-state index contributed by atoms with van der Waals surface area (Å²) in [5.74, 6) is 0.939. The van der Waals surface area contributed by atoms with E-state index in [-0.39, 0.29) is 31.8 Å². The number of hydrogen-bond acceptors (Lipinski definition) is 4. The van der Waals surface area contributed by atoms with Crippen LogP contribution in [0.4, 0.5) is 0 Å². The van der Waals surface area contributed by atoms with Gasteiger partial charge in [-0.25, -0.2) is 4.79 Å². The van der Waals surface area contributed by atoms with Gasteiger partial charge in [0, 0.05) is 26.1 Å². The molecule has 6 nitrogen and oxygen atoms in total. The van der Waals surface area contributed by atoms with Crippen molar-refractivity contribution in [3.8, 4) is 12.3 Å². The van der Waals surface area contributed by atoms with Crippen molar-refractivity contribution in [2.24, 2.45) is 0 Å². The lowest BCUT2D eigenvalue weighted by Gasteiger charge is -2.33. The Morgan fingerprint density at radius 2 is 2.06 bits per heavy atom. The smallest absolute Gasteiger partial charge is 0.329 e. The Balaban J connectivity index is 2.52. The Hall–Kier alpha value is -1.58. The van der Waals surface area contributed by atoms with Crippen molar-refractivity contribution in [1.82, 2.24) is 10.6 Å². The van der Waals surface area contributed by atoms with Crippen LogP contribution in [0, 0.1) is 12.3 Å². The molecule has 0 aromatic carbocycles. The van der Waals surface area contributed by atoms with Crippen LogP contribution in [-0.4, -0.2) is 48.8 Å². The Bertz CT molecular complexity index is 329. The lowest BCUT2D eigenvalue weighted by Crippen LogP contribution is -2.58. The molecule has 1 aliphatic rings. The molecule has 94 valence electrons. The van der Waals surface area contributed by atoms with Gasteiger partial charge in [0.25, 0.3) is 0 Å². The van der Waals surface area contributed by atoms with E-state index in [0.29, 0.717) is 13.2 Å². The number of rotatable bonds is 5. The summed E-state index contributed by atoms with van der Waals surface area (Å²) >= 11 is 0. The fourth-order valence-corrected chi connectivity index (χ4v) is 1.67. The third kappa shape index (κ3) is 3.73. The lowest BCUT2D eigenvalue weighted by atomic mass is 9.90. The van der Waals surface area contributed by atoms with Gasteiger partial charge in [-0.1, -0.05) is 5.92 Å². The molecule has 0 aromatic rings. The van der Waals surface area contributed by atoms with E-state index >= 15 is 0 Å². The highest BCUT2D eigenvalue weighted by atomic mass is 16.5. The van der Waals surface area contributed by atoms with Gasteiger partial charge in [-0.2, -0.15) is 0 Å². The maximum absolute atomic E-state index is 11.5. The number of terminal acetylenes is 1. The van der Waals surface area contributed by atoms with Crippen LogP contribution in [0.3, 0.4) is 0 Å². The van der Waals surface area contributed by atoms with E-state index in [1.54, 1.807) is 0 Å². The summed E-state index contributed by atoms with van der Waals surface area (Å²) in [6.07, 6.45) is 5.58. The van der Waals surface area contributed by atoms with Crippen LogP contribution < -0.4 is 10.6 Å². The number of carbonyl (C=O) groups excluding carboxylic acids is 1. The van der Waals surface area contributed by atoms with Crippen molar-refractivity contribution in [3.05, 3.63) is 0 Å². The Morgan fingerprint density at radius 3 is 2.59 bits per heavy atom. The second kappa shape index (κ2) is 6.23. The van der Waals surface area contributed by atoms with Gasteiger partial charge in [0.15, 0.2) is 0 Å². The van der Waals surface area contributed by atoms with Crippen LogP contribution in [0.1, 0.15) is 12.8 Å². The normalized spacial score (nSPS) is 18.1. The number of carboxylic acid groups (broad SMARTS) is 1. The number of carbonyl (C=O) groups is 2. The van der Waals surface area contributed by atoms with Crippen LogP contribution in [0.15, 0.2) is 0 Å². The Kier molecular flexibility index (Phi) is 4.94. The van der Waals surface area contributed by atoms with Gasteiger partial charge in [-0.3, -0.25) is 10.1 Å². The minimum absolute atomic E-state index is 0.0140. The molecular weight excluding hydrogens is 224 g/mol. The monoisotopic (exact) mass is 240 g/mol. The zero-order chi connectivity index (χ0) is 12.7. The zero-order valence-corrected chi connectivity index (χ0v) is 9.49. The molecule has 1 amide bonds. The molecule has 0 unspecified atom stereocenters. The Labute approximate surface area is 99.7 Å². The van der Waals surface area contributed by atoms with Gasteiger partial charge in [0.2, 0.25) is 5.91 Å². The number of amides is 1. The van der Waals surface area contributed by atoms with Crippen LogP contribution in [0.25, 0.3) is 0 Å². The Morgan fingerprint density at radius 1 is 1.41 bits per heavy atom. The average molecular weight is 240 g/mol. The molecule has 0 spiro atoms. The van der Waals surface area contributed by atoms with Crippen molar-refractivity contribution < 1.29 is 19.4 Å². The average Bonchev–Trinajstić information content (AvgIpc) is 2.30. The first-order chi connectivity index (χ1) is 8.10. The second-order valence-electron chi connectivity index (χ2n) is 3.86. The van der Waals surface area contributed by atoms with Crippen LogP contribution in [-0.2, 0) is 14.3 Å². The zero-order valence-electron chi connectivity index (χ0n) is 9.49. The highest BCUT2D eigenvalue weighted by Crippen LogP contribution is 2.20. The van der Waals surface area contributed by atoms with Gasteiger partial charge >= 0.3 is 5.97 Å². The molecule has 0 aromatic heterocycles. The quantitative estimate of drug-likeness (QED) is 0.422. The summed E-state index contributed by atoms with van der Waals surface area (Å²) in [5, 5.41) is 14.4. The number of nitrogens with one attached hydrogen (secondary N) is 2. The predicted octanol–water partition coefficient (Wildman–Crippen LogP) is -1.04. The fourth-order valence-electron chi connectivity index (χ4n) is 1.67. The maximum atomic E-state index is 11.5. The highest BCUT2D eigenvalue weighted by Gasteiger charge is 2.41. The first-order valence-electron chi connectivity index (χ1n) is 5.37. The molecule has 0 atom stereocenters. The summed E-state index contributed by atoms with van der Waals surface area (Å²) < 4.78 is 5.10. The number of ether oxygens (including phenoxy) is 1. The summed E-state index contributed by atoms with van der Waals surface area (Å²) in [5.41, 5.74) is -1.20. The third-order valence-electron chi connectivity index (χ3n) is 2.65. The number of hydrogen-bond donors (Lipinski definition) is 3. The van der Waals surface area contributed by atoms with E-state index in [1.807, 2.05) is 0 Å². The molecule has 0 aliphatic carbocycles. The van der Waals surface area contributed by atoms with E-state index in [4.69, 9.17) is 11.2 Å². The second-order valence-corrected chi connectivity index (χ2v) is 3.86. The van der Waals surface area contributed by atoms with Gasteiger partial charge in [0.1, 0.15) is 5.54 Å². The van der Waals surface area contributed by atoms with E-state index in [9.17, 15) is 14.7 Å². The summed E-state index contributed by atoms with van der Waals surface area (Å²) in [6, 6.07) is 0. The molecule has 6 heteroatoms. The standard InChI is InChI=1S/C11H16N2O4/c1-2-5-12-8-9(14)13-11(10(15)16)3-6-17-7-4-11/h1,12H,3-8H2,(H,13,14)(H,15,16). The van der Waals surface area contributed by atoms with Crippen molar-refractivity contribution in [2.75, 3.05) is 26.3 Å². The third-order valence-corrected chi connectivity index (χ3v) is 2.65. The largest absolute Gasteiger partial charge is 0.480 e. The van der Waals surface area contributed by atoms with E-state index in [0.717, 1.165) is 0 Å². The molecule has 0 saturated carbocycles. The van der Waals surface area contributed by atoms with Crippen molar-refractivity contribution in [2.45, 2.75) is 18.4 Å².